The Morgan fingerprint density at radius 3 is 2.94 bits per heavy atom. The molecule has 1 heterocycles. The summed E-state index contributed by atoms with van der Waals surface area (Å²) in [6.07, 6.45) is 1.43. The second-order valence-electron chi connectivity index (χ2n) is 3.42. The Labute approximate surface area is 93.7 Å². The standard InChI is InChI=1S/C10H13N5O/c1-15(2)9(16)6-14-10-7(4-11)3-8(12)5-13-10/h3,5H,6,12H2,1-2H3,(H,13,14). The summed E-state index contributed by atoms with van der Waals surface area (Å²) < 4.78 is 0. The summed E-state index contributed by atoms with van der Waals surface area (Å²) in [5, 5.41) is 11.6. The number of carbonyl (C=O) groups is 1. The Kier molecular flexibility index (Phi) is 3.67. The number of pyridine rings is 1. The quantitative estimate of drug-likeness (QED) is 0.748. The summed E-state index contributed by atoms with van der Waals surface area (Å²) >= 11 is 0. The van der Waals surface area contributed by atoms with Crippen molar-refractivity contribution in [1.82, 2.24) is 9.88 Å². The number of hydrogen-bond acceptors (Lipinski definition) is 5. The number of carbonyl (C=O) groups excluding carboxylic acids is 1. The third kappa shape index (κ3) is 2.85. The number of nitrogens with zero attached hydrogens (tertiary/aromatic N) is 3. The molecule has 1 aromatic rings. The zero-order valence-corrected chi connectivity index (χ0v) is 9.19. The number of nitrogens with two attached hydrogens (primary N) is 1. The molecule has 0 bridgehead atoms. The number of likely N-dealkylation sites (N-methyl/N-ethyl adjacent to an activating group) is 1. The van der Waals surface area contributed by atoms with Crippen molar-refractivity contribution < 1.29 is 4.79 Å². The molecule has 0 aliphatic rings. The third-order valence-corrected chi connectivity index (χ3v) is 1.94. The van der Waals surface area contributed by atoms with Gasteiger partial charge in [0.2, 0.25) is 5.91 Å². The van der Waals surface area contributed by atoms with Gasteiger partial charge in [-0.15, -0.1) is 0 Å². The van der Waals surface area contributed by atoms with Gasteiger partial charge in [0.05, 0.1) is 24.0 Å². The van der Waals surface area contributed by atoms with Crippen LogP contribution in [-0.4, -0.2) is 36.4 Å². The van der Waals surface area contributed by atoms with E-state index in [1.165, 1.54) is 17.2 Å². The lowest BCUT2D eigenvalue weighted by Crippen LogP contribution is -2.29. The summed E-state index contributed by atoms with van der Waals surface area (Å²) in [5.41, 5.74) is 6.23. The van der Waals surface area contributed by atoms with Crippen molar-refractivity contribution in [2.24, 2.45) is 0 Å². The second-order valence-corrected chi connectivity index (χ2v) is 3.42. The van der Waals surface area contributed by atoms with Crippen LogP contribution in [0.15, 0.2) is 12.3 Å². The van der Waals surface area contributed by atoms with E-state index in [2.05, 4.69) is 10.3 Å². The van der Waals surface area contributed by atoms with Crippen LogP contribution in [0.25, 0.3) is 0 Å². The Morgan fingerprint density at radius 1 is 1.69 bits per heavy atom. The molecular formula is C10H13N5O. The number of rotatable bonds is 3. The van der Waals surface area contributed by atoms with Gasteiger partial charge in [-0.25, -0.2) is 4.98 Å². The van der Waals surface area contributed by atoms with Gasteiger partial charge in [-0.05, 0) is 6.07 Å². The van der Waals surface area contributed by atoms with E-state index in [1.54, 1.807) is 14.1 Å². The summed E-state index contributed by atoms with van der Waals surface area (Å²) in [5.74, 6) is 0.273. The van der Waals surface area contributed by atoms with E-state index in [0.717, 1.165) is 0 Å². The van der Waals surface area contributed by atoms with Crippen molar-refractivity contribution in [3.63, 3.8) is 0 Å². The van der Waals surface area contributed by atoms with Gasteiger partial charge in [-0.1, -0.05) is 0 Å². The van der Waals surface area contributed by atoms with E-state index < -0.39 is 0 Å². The first kappa shape index (κ1) is 11.8. The highest BCUT2D eigenvalue weighted by atomic mass is 16.2. The molecule has 0 radical (unpaired) electrons. The first-order valence-corrected chi connectivity index (χ1v) is 4.64. The van der Waals surface area contributed by atoms with Crippen molar-refractivity contribution in [3.8, 4) is 6.07 Å². The predicted molar refractivity (Wildman–Crippen MR) is 60.5 cm³/mol. The Balaban J connectivity index is 2.75. The lowest BCUT2D eigenvalue weighted by atomic mass is 10.2. The van der Waals surface area contributed by atoms with E-state index in [0.29, 0.717) is 17.1 Å². The highest BCUT2D eigenvalue weighted by Crippen LogP contribution is 2.13. The van der Waals surface area contributed by atoms with Gasteiger partial charge in [0.25, 0.3) is 0 Å². The fourth-order valence-corrected chi connectivity index (χ4v) is 1.02. The number of aromatic nitrogens is 1. The van der Waals surface area contributed by atoms with Gasteiger partial charge in [0, 0.05) is 14.1 Å². The van der Waals surface area contributed by atoms with Crippen molar-refractivity contribution >= 4 is 17.4 Å². The first-order valence-electron chi connectivity index (χ1n) is 4.64. The molecule has 0 fully saturated rings. The number of nitrogen functional groups attached to an aromatic ring is 1. The topological polar surface area (TPSA) is 95.0 Å². The predicted octanol–water partition coefficient (Wildman–Crippen LogP) is 0.0356. The monoisotopic (exact) mass is 219 g/mol. The molecule has 1 amide bonds. The molecule has 6 heteroatoms. The average molecular weight is 219 g/mol. The van der Waals surface area contributed by atoms with Gasteiger partial charge in [0.15, 0.2) is 0 Å². The van der Waals surface area contributed by atoms with E-state index >= 15 is 0 Å². The highest BCUT2D eigenvalue weighted by Gasteiger charge is 2.07. The van der Waals surface area contributed by atoms with Crippen LogP contribution >= 0.6 is 0 Å². The molecule has 0 aromatic carbocycles. The summed E-state index contributed by atoms with van der Waals surface area (Å²) in [6.45, 7) is 0.0958. The van der Waals surface area contributed by atoms with Crippen LogP contribution in [-0.2, 0) is 4.79 Å². The van der Waals surface area contributed by atoms with Crippen molar-refractivity contribution in [1.29, 1.82) is 5.26 Å². The van der Waals surface area contributed by atoms with Crippen LogP contribution in [0.2, 0.25) is 0 Å². The summed E-state index contributed by atoms with van der Waals surface area (Å²) in [7, 11) is 3.32. The third-order valence-electron chi connectivity index (χ3n) is 1.94. The molecule has 0 aliphatic carbocycles. The first-order chi connectivity index (χ1) is 7.54. The number of nitriles is 1. The molecule has 1 rings (SSSR count). The largest absolute Gasteiger partial charge is 0.397 e. The fraction of sp³-hybridized carbons (Fsp3) is 0.300. The number of hydrogen-bond donors (Lipinski definition) is 2. The Bertz CT molecular complexity index is 435. The summed E-state index contributed by atoms with van der Waals surface area (Å²) in [4.78, 5) is 16.7. The lowest BCUT2D eigenvalue weighted by molar-refractivity contribution is -0.126. The normalized spacial score (nSPS) is 9.31. The Morgan fingerprint density at radius 2 is 2.38 bits per heavy atom. The van der Waals surface area contributed by atoms with Gasteiger partial charge < -0.3 is 16.0 Å². The maximum absolute atomic E-state index is 11.3. The number of nitrogens with one attached hydrogen (secondary N) is 1. The SMILES string of the molecule is CN(C)C(=O)CNc1ncc(N)cc1C#N. The smallest absolute Gasteiger partial charge is 0.241 e. The molecule has 0 aliphatic heterocycles. The van der Waals surface area contributed by atoms with Crippen LogP contribution in [0.3, 0.4) is 0 Å². The molecule has 0 saturated heterocycles. The second kappa shape index (κ2) is 4.98. The van der Waals surface area contributed by atoms with Crippen molar-refractivity contribution in [3.05, 3.63) is 17.8 Å². The minimum Gasteiger partial charge on any atom is -0.397 e. The summed E-state index contributed by atoms with van der Waals surface area (Å²) in [6, 6.07) is 3.47. The molecule has 0 unspecified atom stereocenters. The molecule has 6 nitrogen and oxygen atoms in total. The molecular weight excluding hydrogens is 206 g/mol. The molecule has 1 aromatic heterocycles. The van der Waals surface area contributed by atoms with Crippen molar-refractivity contribution in [2.45, 2.75) is 0 Å². The van der Waals surface area contributed by atoms with Crippen molar-refractivity contribution in [2.75, 3.05) is 31.7 Å². The highest BCUT2D eigenvalue weighted by molar-refractivity contribution is 5.80. The minimum absolute atomic E-state index is 0.0949. The molecule has 0 atom stereocenters. The fourth-order valence-electron chi connectivity index (χ4n) is 1.02. The van der Waals surface area contributed by atoms with Crippen LogP contribution in [0.4, 0.5) is 11.5 Å². The van der Waals surface area contributed by atoms with Gasteiger partial charge >= 0.3 is 0 Å². The number of amides is 1. The maximum Gasteiger partial charge on any atom is 0.241 e. The van der Waals surface area contributed by atoms with Crippen LogP contribution in [0, 0.1) is 11.3 Å². The minimum atomic E-state index is -0.0949. The zero-order chi connectivity index (χ0) is 12.1. The van der Waals surface area contributed by atoms with Gasteiger partial charge in [0.1, 0.15) is 11.9 Å². The van der Waals surface area contributed by atoms with E-state index in [1.807, 2.05) is 6.07 Å². The number of anilines is 2. The van der Waals surface area contributed by atoms with E-state index in [-0.39, 0.29) is 12.5 Å². The Hall–Kier alpha value is -2.29. The van der Waals surface area contributed by atoms with Crippen LogP contribution in [0.5, 0.6) is 0 Å². The molecule has 84 valence electrons. The van der Waals surface area contributed by atoms with E-state index in [4.69, 9.17) is 11.0 Å². The van der Waals surface area contributed by atoms with Gasteiger partial charge in [-0.2, -0.15) is 5.26 Å². The van der Waals surface area contributed by atoms with E-state index in [9.17, 15) is 4.79 Å². The molecule has 0 spiro atoms. The molecule has 0 saturated carbocycles. The van der Waals surface area contributed by atoms with Crippen LogP contribution < -0.4 is 11.1 Å². The van der Waals surface area contributed by atoms with Crippen LogP contribution in [0.1, 0.15) is 5.56 Å². The lowest BCUT2D eigenvalue weighted by Gasteiger charge is -2.11. The van der Waals surface area contributed by atoms with Gasteiger partial charge in [-0.3, -0.25) is 4.79 Å². The average Bonchev–Trinajstić information content (AvgIpc) is 2.26. The molecule has 16 heavy (non-hydrogen) atoms. The maximum atomic E-state index is 11.3. The zero-order valence-electron chi connectivity index (χ0n) is 9.19. The molecule has 3 N–H and O–H groups in total.